The van der Waals surface area contributed by atoms with Crippen molar-refractivity contribution in [2.45, 2.75) is 12.8 Å². The predicted molar refractivity (Wildman–Crippen MR) is 83.3 cm³/mol. The van der Waals surface area contributed by atoms with Crippen molar-refractivity contribution in [1.82, 2.24) is 9.97 Å². The van der Waals surface area contributed by atoms with Gasteiger partial charge >= 0.3 is 0 Å². The van der Waals surface area contributed by atoms with Gasteiger partial charge in [0.15, 0.2) is 5.13 Å². The third kappa shape index (κ3) is 4.02. The molecule has 0 radical (unpaired) electrons. The Morgan fingerprint density at radius 1 is 1.36 bits per heavy atom. The molecule has 0 aromatic carbocycles. The third-order valence-electron chi connectivity index (χ3n) is 3.46. The third-order valence-corrected chi connectivity index (χ3v) is 4.15. The quantitative estimate of drug-likeness (QED) is 0.917. The highest BCUT2D eigenvalue weighted by atomic mass is 32.1. The van der Waals surface area contributed by atoms with E-state index in [1.165, 1.54) is 11.3 Å². The highest BCUT2D eigenvalue weighted by Gasteiger charge is 2.15. The standard InChI is InChI=1S/C15H17N3O3S/c19-14(18-15-17-5-8-22-15)12-1-4-16-13(9-12)21-10-11-2-6-20-7-3-11/h1,4-5,8-9,11H,2-3,6-7,10H2,(H,17,18,19). The van der Waals surface area contributed by atoms with Crippen molar-refractivity contribution < 1.29 is 14.3 Å². The number of amides is 1. The smallest absolute Gasteiger partial charge is 0.257 e. The number of aromatic nitrogens is 2. The van der Waals surface area contributed by atoms with Crippen LogP contribution in [0.3, 0.4) is 0 Å². The highest BCUT2D eigenvalue weighted by Crippen LogP contribution is 2.18. The first-order valence-electron chi connectivity index (χ1n) is 7.19. The van der Waals surface area contributed by atoms with E-state index in [2.05, 4.69) is 15.3 Å². The van der Waals surface area contributed by atoms with Crippen LogP contribution in [0.15, 0.2) is 29.9 Å². The van der Waals surface area contributed by atoms with Crippen molar-refractivity contribution in [3.8, 4) is 5.88 Å². The molecular weight excluding hydrogens is 302 g/mol. The van der Waals surface area contributed by atoms with Crippen LogP contribution in [0, 0.1) is 5.92 Å². The number of nitrogens with one attached hydrogen (secondary N) is 1. The van der Waals surface area contributed by atoms with Gasteiger partial charge in [-0.2, -0.15) is 0 Å². The summed E-state index contributed by atoms with van der Waals surface area (Å²) in [4.78, 5) is 20.3. The number of ether oxygens (including phenoxy) is 2. The number of anilines is 1. The molecule has 0 atom stereocenters. The van der Waals surface area contributed by atoms with Gasteiger partial charge in [-0.05, 0) is 24.8 Å². The van der Waals surface area contributed by atoms with Gasteiger partial charge < -0.3 is 9.47 Å². The van der Waals surface area contributed by atoms with Crippen molar-refractivity contribution >= 4 is 22.4 Å². The summed E-state index contributed by atoms with van der Waals surface area (Å²) in [7, 11) is 0. The first-order valence-corrected chi connectivity index (χ1v) is 8.06. The van der Waals surface area contributed by atoms with Gasteiger partial charge in [0.1, 0.15) is 0 Å². The summed E-state index contributed by atoms with van der Waals surface area (Å²) in [5.41, 5.74) is 0.507. The van der Waals surface area contributed by atoms with Crippen LogP contribution >= 0.6 is 11.3 Å². The van der Waals surface area contributed by atoms with E-state index in [-0.39, 0.29) is 5.91 Å². The van der Waals surface area contributed by atoms with Gasteiger partial charge in [0.2, 0.25) is 5.88 Å². The number of carbonyl (C=O) groups excluding carboxylic acids is 1. The maximum atomic E-state index is 12.1. The molecule has 1 fully saturated rings. The van der Waals surface area contributed by atoms with Crippen LogP contribution in [0.5, 0.6) is 5.88 Å². The summed E-state index contributed by atoms with van der Waals surface area (Å²) in [6.45, 7) is 2.18. The second kappa shape index (κ2) is 7.33. The summed E-state index contributed by atoms with van der Waals surface area (Å²) < 4.78 is 11.0. The largest absolute Gasteiger partial charge is 0.477 e. The van der Waals surface area contributed by atoms with Gasteiger partial charge in [-0.3, -0.25) is 10.1 Å². The van der Waals surface area contributed by atoms with E-state index in [1.807, 2.05) is 5.38 Å². The fourth-order valence-electron chi connectivity index (χ4n) is 2.20. The molecule has 0 unspecified atom stereocenters. The number of carbonyl (C=O) groups is 1. The molecule has 3 heterocycles. The van der Waals surface area contributed by atoms with Gasteiger partial charge in [0.25, 0.3) is 5.91 Å². The average Bonchev–Trinajstić information content (AvgIpc) is 3.07. The van der Waals surface area contributed by atoms with Crippen LogP contribution < -0.4 is 10.1 Å². The van der Waals surface area contributed by atoms with E-state index >= 15 is 0 Å². The molecule has 1 aliphatic rings. The lowest BCUT2D eigenvalue weighted by Gasteiger charge is -2.21. The van der Waals surface area contributed by atoms with Crippen molar-refractivity contribution in [3.63, 3.8) is 0 Å². The maximum absolute atomic E-state index is 12.1. The number of hydrogen-bond donors (Lipinski definition) is 1. The molecule has 1 N–H and O–H groups in total. The van der Waals surface area contributed by atoms with Gasteiger partial charge in [-0.15, -0.1) is 11.3 Å². The molecule has 2 aromatic rings. The predicted octanol–water partition coefficient (Wildman–Crippen LogP) is 2.60. The normalized spacial score (nSPS) is 15.5. The number of rotatable bonds is 5. The average molecular weight is 319 g/mol. The molecule has 2 aromatic heterocycles. The van der Waals surface area contributed by atoms with Crippen LogP contribution in [0.4, 0.5) is 5.13 Å². The lowest BCUT2D eigenvalue weighted by Crippen LogP contribution is -2.21. The molecule has 6 nitrogen and oxygen atoms in total. The van der Waals surface area contributed by atoms with Gasteiger partial charge in [0, 0.05) is 42.6 Å². The first kappa shape index (κ1) is 14.9. The summed E-state index contributed by atoms with van der Waals surface area (Å²) in [6, 6.07) is 3.31. The van der Waals surface area contributed by atoms with Gasteiger partial charge in [-0.25, -0.2) is 9.97 Å². The Kier molecular flexibility index (Phi) is 4.97. The Morgan fingerprint density at radius 2 is 2.23 bits per heavy atom. The molecule has 0 bridgehead atoms. The zero-order valence-electron chi connectivity index (χ0n) is 12.0. The van der Waals surface area contributed by atoms with E-state index in [9.17, 15) is 4.79 Å². The van der Waals surface area contributed by atoms with E-state index in [4.69, 9.17) is 9.47 Å². The second-order valence-corrected chi connectivity index (χ2v) is 5.94. The van der Waals surface area contributed by atoms with E-state index in [0.717, 1.165) is 26.1 Å². The number of pyridine rings is 1. The van der Waals surface area contributed by atoms with Crippen molar-refractivity contribution in [2.24, 2.45) is 5.92 Å². The molecule has 116 valence electrons. The molecule has 0 saturated carbocycles. The summed E-state index contributed by atoms with van der Waals surface area (Å²) in [5, 5.41) is 5.13. The van der Waals surface area contributed by atoms with Crippen LogP contribution in [0.25, 0.3) is 0 Å². The Balaban J connectivity index is 1.58. The minimum atomic E-state index is -0.215. The van der Waals surface area contributed by atoms with Crippen molar-refractivity contribution in [1.29, 1.82) is 0 Å². The fourth-order valence-corrected chi connectivity index (χ4v) is 2.72. The Bertz CT molecular complexity index is 612. The molecule has 22 heavy (non-hydrogen) atoms. The molecular formula is C15H17N3O3S. The van der Waals surface area contributed by atoms with Gasteiger partial charge in [0.05, 0.1) is 6.61 Å². The molecule has 1 saturated heterocycles. The van der Waals surface area contributed by atoms with E-state index < -0.39 is 0 Å². The zero-order chi connectivity index (χ0) is 15.2. The number of hydrogen-bond acceptors (Lipinski definition) is 6. The molecule has 0 spiro atoms. The Morgan fingerprint density at radius 3 is 3.00 bits per heavy atom. The van der Waals surface area contributed by atoms with Crippen LogP contribution in [-0.4, -0.2) is 35.7 Å². The maximum Gasteiger partial charge on any atom is 0.257 e. The highest BCUT2D eigenvalue weighted by molar-refractivity contribution is 7.13. The van der Waals surface area contributed by atoms with E-state index in [1.54, 1.807) is 24.5 Å². The molecule has 0 aliphatic carbocycles. The monoisotopic (exact) mass is 319 g/mol. The summed E-state index contributed by atoms with van der Waals surface area (Å²) >= 11 is 1.38. The second-order valence-electron chi connectivity index (χ2n) is 5.04. The molecule has 1 aliphatic heterocycles. The minimum absolute atomic E-state index is 0.215. The Labute approximate surface area is 132 Å². The molecule has 1 amide bonds. The molecule has 7 heteroatoms. The van der Waals surface area contributed by atoms with Crippen molar-refractivity contribution in [3.05, 3.63) is 35.5 Å². The van der Waals surface area contributed by atoms with Crippen LogP contribution in [-0.2, 0) is 4.74 Å². The van der Waals surface area contributed by atoms with Crippen LogP contribution in [0.1, 0.15) is 23.2 Å². The lowest BCUT2D eigenvalue weighted by molar-refractivity contribution is 0.0490. The molecule has 3 rings (SSSR count). The SMILES string of the molecule is O=C(Nc1nccs1)c1ccnc(OCC2CCOCC2)c1. The minimum Gasteiger partial charge on any atom is -0.477 e. The number of thiazole rings is 1. The number of nitrogens with zero attached hydrogens (tertiary/aromatic N) is 2. The Hall–Kier alpha value is -1.99. The van der Waals surface area contributed by atoms with Crippen LogP contribution in [0.2, 0.25) is 0 Å². The summed E-state index contributed by atoms with van der Waals surface area (Å²) in [5.74, 6) is 0.745. The first-order chi connectivity index (χ1) is 10.8. The fraction of sp³-hybridized carbons (Fsp3) is 0.400. The van der Waals surface area contributed by atoms with Crippen molar-refractivity contribution in [2.75, 3.05) is 25.1 Å². The summed E-state index contributed by atoms with van der Waals surface area (Å²) in [6.07, 6.45) is 5.24. The topological polar surface area (TPSA) is 73.3 Å². The zero-order valence-corrected chi connectivity index (χ0v) is 12.8. The lowest BCUT2D eigenvalue weighted by atomic mass is 10.0. The van der Waals surface area contributed by atoms with Gasteiger partial charge in [-0.1, -0.05) is 0 Å². The van der Waals surface area contributed by atoms with E-state index in [0.29, 0.717) is 29.1 Å².